The van der Waals surface area contributed by atoms with E-state index in [1.165, 1.54) is 60.7 Å². The van der Waals surface area contributed by atoms with Crippen molar-refractivity contribution in [2.45, 2.75) is 33.9 Å². The maximum Gasteiger partial charge on any atom is 0.295 e. The van der Waals surface area contributed by atoms with Gasteiger partial charge in [0, 0.05) is 30.2 Å². The molecule has 304 valence electrons. The van der Waals surface area contributed by atoms with Crippen LogP contribution >= 0.6 is 0 Å². The highest BCUT2D eigenvalue weighted by Crippen LogP contribution is 2.34. The van der Waals surface area contributed by atoms with E-state index in [1.807, 2.05) is 4.90 Å². The third-order valence-corrected chi connectivity index (χ3v) is 11.4. The standard InChI is InChI=1S/C36H32N10O10S3/c47-32-20-27(45-44-26-5-4-22-18-29(58(51,52)53)21-33(30(22)19-26)59(54,55)56)12-15-31(32)38-35-39-34(40-36(41-35)46-16-2-1-3-17-46)37-23-6-8-24(9-7-23)42-43-25-10-13-28(14-11-25)57(48,49)50/h4-15,18-21,47H,1-3,16-17H2,(H,48,49,50)(H,51,52,53)(H,54,55,56)(H2,37,38,39,40,41). The van der Waals surface area contributed by atoms with Crippen molar-refractivity contribution in [2.24, 2.45) is 20.5 Å². The molecule has 5 aromatic carbocycles. The molecule has 6 aromatic rings. The number of hydrogen-bond donors (Lipinski definition) is 6. The van der Waals surface area contributed by atoms with Gasteiger partial charge in [-0.15, -0.1) is 0 Å². The zero-order valence-electron chi connectivity index (χ0n) is 30.3. The highest BCUT2D eigenvalue weighted by molar-refractivity contribution is 7.87. The van der Waals surface area contributed by atoms with Crippen LogP contribution in [0, 0.1) is 0 Å². The van der Waals surface area contributed by atoms with Crippen molar-refractivity contribution in [3.63, 3.8) is 0 Å². The third kappa shape index (κ3) is 10.2. The number of nitrogens with zero attached hydrogens (tertiary/aromatic N) is 8. The molecule has 0 bridgehead atoms. The molecule has 59 heavy (non-hydrogen) atoms. The smallest absolute Gasteiger partial charge is 0.295 e. The Balaban J connectivity index is 1.09. The average molecular weight is 861 g/mol. The first-order valence-electron chi connectivity index (χ1n) is 17.4. The van der Waals surface area contributed by atoms with E-state index < -0.39 is 40.1 Å². The van der Waals surface area contributed by atoms with Gasteiger partial charge in [0.25, 0.3) is 30.4 Å². The first-order chi connectivity index (χ1) is 28.0. The van der Waals surface area contributed by atoms with Crippen molar-refractivity contribution in [1.82, 2.24) is 15.0 Å². The van der Waals surface area contributed by atoms with Crippen LogP contribution in [-0.2, 0) is 30.4 Å². The van der Waals surface area contributed by atoms with Crippen molar-refractivity contribution in [2.75, 3.05) is 28.6 Å². The monoisotopic (exact) mass is 860 g/mol. The maximum atomic E-state index is 12.1. The van der Waals surface area contributed by atoms with Gasteiger partial charge in [0.1, 0.15) is 10.6 Å². The molecule has 0 saturated carbocycles. The lowest BCUT2D eigenvalue weighted by atomic mass is 10.1. The number of nitrogens with one attached hydrogen (secondary N) is 2. The van der Waals surface area contributed by atoms with Crippen LogP contribution in [0.3, 0.4) is 0 Å². The lowest BCUT2D eigenvalue weighted by Gasteiger charge is -2.27. The molecule has 23 heteroatoms. The minimum atomic E-state index is -4.91. The van der Waals surface area contributed by atoms with E-state index in [9.17, 15) is 39.5 Å². The molecule has 0 radical (unpaired) electrons. The fourth-order valence-electron chi connectivity index (χ4n) is 5.89. The Kier molecular flexibility index (Phi) is 11.3. The van der Waals surface area contributed by atoms with Gasteiger partial charge in [-0.25, -0.2) is 0 Å². The second kappa shape index (κ2) is 16.4. The largest absolute Gasteiger partial charge is 0.506 e. The second-order valence-corrected chi connectivity index (χ2v) is 17.2. The molecule has 20 nitrogen and oxygen atoms in total. The summed E-state index contributed by atoms with van der Waals surface area (Å²) in [6, 6.07) is 22.2. The second-order valence-electron chi connectivity index (χ2n) is 13.0. The summed E-state index contributed by atoms with van der Waals surface area (Å²) >= 11 is 0. The molecule has 2 heterocycles. The van der Waals surface area contributed by atoms with Crippen molar-refractivity contribution < 1.29 is 44.0 Å². The Labute approximate surface area is 336 Å². The van der Waals surface area contributed by atoms with Gasteiger partial charge in [-0.3, -0.25) is 13.7 Å². The van der Waals surface area contributed by atoms with Crippen LogP contribution < -0.4 is 15.5 Å². The topological polar surface area (TPSA) is 299 Å². The predicted molar refractivity (Wildman–Crippen MR) is 215 cm³/mol. The Hall–Kier alpha value is -6.50. The number of aromatic nitrogens is 3. The molecular formula is C36H32N10O10S3. The van der Waals surface area contributed by atoms with E-state index in [-0.39, 0.29) is 50.4 Å². The molecule has 0 atom stereocenters. The van der Waals surface area contributed by atoms with Crippen molar-refractivity contribution in [3.8, 4) is 5.75 Å². The lowest BCUT2D eigenvalue weighted by molar-refractivity contribution is 0.477. The van der Waals surface area contributed by atoms with E-state index in [0.717, 1.165) is 38.4 Å². The maximum absolute atomic E-state index is 12.1. The molecule has 0 aliphatic carbocycles. The summed E-state index contributed by atoms with van der Waals surface area (Å²) in [5.74, 6) is 0.519. The van der Waals surface area contributed by atoms with Gasteiger partial charge in [-0.2, -0.15) is 60.7 Å². The number of anilines is 5. The quantitative estimate of drug-likeness (QED) is 0.0389. The highest BCUT2D eigenvalue weighted by Gasteiger charge is 2.21. The van der Waals surface area contributed by atoms with Crippen LogP contribution in [0.1, 0.15) is 19.3 Å². The van der Waals surface area contributed by atoms with Crippen molar-refractivity contribution in [3.05, 3.63) is 97.1 Å². The van der Waals surface area contributed by atoms with E-state index >= 15 is 0 Å². The van der Waals surface area contributed by atoms with Gasteiger partial charge in [0.15, 0.2) is 0 Å². The number of benzene rings is 5. The number of aromatic hydroxyl groups is 1. The molecular weight excluding hydrogens is 829 g/mol. The third-order valence-electron chi connectivity index (χ3n) is 8.76. The fourth-order valence-corrected chi connectivity index (χ4v) is 7.71. The van der Waals surface area contributed by atoms with Crippen molar-refractivity contribution >= 4 is 93.1 Å². The minimum Gasteiger partial charge on any atom is -0.506 e. The predicted octanol–water partition coefficient (Wildman–Crippen LogP) is 7.78. The molecule has 1 fully saturated rings. The number of phenolic OH excluding ortho intramolecular Hbond substituents is 1. The first-order valence-corrected chi connectivity index (χ1v) is 21.7. The van der Waals surface area contributed by atoms with Gasteiger partial charge in [-0.1, -0.05) is 6.07 Å². The Morgan fingerprint density at radius 1 is 0.542 bits per heavy atom. The first kappa shape index (κ1) is 40.7. The molecule has 0 amide bonds. The van der Waals surface area contributed by atoms with Crippen LogP contribution in [-0.4, -0.2) is 72.1 Å². The summed E-state index contributed by atoms with van der Waals surface area (Å²) in [6.07, 6.45) is 3.01. The number of piperidine rings is 1. The van der Waals surface area contributed by atoms with E-state index in [2.05, 4.69) is 46.0 Å². The van der Waals surface area contributed by atoms with Gasteiger partial charge >= 0.3 is 0 Å². The molecule has 0 spiro atoms. The summed E-state index contributed by atoms with van der Waals surface area (Å²) in [4.78, 5) is 14.1. The van der Waals surface area contributed by atoms with Crippen LogP contribution in [0.5, 0.6) is 5.75 Å². The van der Waals surface area contributed by atoms with Crippen LogP contribution in [0.25, 0.3) is 10.8 Å². The summed E-state index contributed by atoms with van der Waals surface area (Å²) in [5.41, 5.74) is 2.05. The van der Waals surface area contributed by atoms with E-state index in [1.54, 1.807) is 24.3 Å². The van der Waals surface area contributed by atoms with E-state index in [4.69, 9.17) is 4.55 Å². The fraction of sp³-hybridized carbons (Fsp3) is 0.139. The Morgan fingerprint density at radius 3 is 1.68 bits per heavy atom. The summed E-state index contributed by atoms with van der Waals surface area (Å²) < 4.78 is 98.3. The normalized spacial score (nSPS) is 14.0. The van der Waals surface area contributed by atoms with Gasteiger partial charge in [-0.05, 0) is 110 Å². The SMILES string of the molecule is O=S(=O)(O)c1ccc(N=Nc2ccc(Nc3nc(Nc4ccc(N=Nc5ccc6cc(S(=O)(=O)O)cc(S(=O)(=O)O)c6c5)cc4O)nc(N4CCCCC4)n3)cc2)cc1. The molecule has 0 unspecified atom stereocenters. The number of fused-ring (bicyclic) bond motifs is 1. The molecule has 6 N–H and O–H groups in total. The van der Waals surface area contributed by atoms with Gasteiger partial charge in [0.2, 0.25) is 17.8 Å². The Morgan fingerprint density at radius 2 is 1.08 bits per heavy atom. The number of rotatable bonds is 12. The van der Waals surface area contributed by atoms with Crippen LogP contribution in [0.2, 0.25) is 0 Å². The molecule has 1 aliphatic heterocycles. The summed E-state index contributed by atoms with van der Waals surface area (Å²) in [6.45, 7) is 1.48. The van der Waals surface area contributed by atoms with Gasteiger partial charge in [0.05, 0.1) is 38.2 Å². The highest BCUT2D eigenvalue weighted by atomic mass is 32.2. The zero-order valence-corrected chi connectivity index (χ0v) is 32.8. The van der Waals surface area contributed by atoms with Crippen LogP contribution in [0.4, 0.5) is 52.0 Å². The number of phenols is 1. The minimum absolute atomic E-state index is 0.0702. The lowest BCUT2D eigenvalue weighted by Crippen LogP contribution is -2.31. The van der Waals surface area contributed by atoms with Gasteiger partial charge < -0.3 is 20.6 Å². The summed E-state index contributed by atoms with van der Waals surface area (Å²) in [5, 5.41) is 33.6. The number of hydrogen-bond acceptors (Lipinski definition) is 17. The summed E-state index contributed by atoms with van der Waals surface area (Å²) in [7, 11) is -14.0. The zero-order chi connectivity index (χ0) is 42.0. The average Bonchev–Trinajstić information content (AvgIpc) is 3.19. The van der Waals surface area contributed by atoms with Crippen molar-refractivity contribution in [1.29, 1.82) is 0 Å². The van der Waals surface area contributed by atoms with E-state index in [0.29, 0.717) is 29.1 Å². The molecule has 1 aromatic heterocycles. The molecule has 7 rings (SSSR count). The number of azo groups is 2. The Bertz CT molecular complexity index is 2960. The molecule has 1 saturated heterocycles. The van der Waals surface area contributed by atoms with Crippen LogP contribution in [0.15, 0.2) is 132 Å². The molecule has 1 aliphatic rings.